The van der Waals surface area contributed by atoms with E-state index in [9.17, 15) is 22.8 Å². The Hall–Kier alpha value is -3.91. The van der Waals surface area contributed by atoms with Crippen molar-refractivity contribution in [2.24, 2.45) is 7.05 Å². The molecule has 1 aliphatic heterocycles. The fourth-order valence-electron chi connectivity index (χ4n) is 3.83. The lowest BCUT2D eigenvalue weighted by Crippen LogP contribution is -2.43. The summed E-state index contributed by atoms with van der Waals surface area (Å²) in [5.41, 5.74) is -0.480. The number of nitrogens with zero attached hydrogens (tertiary/aromatic N) is 4. The molecule has 4 rings (SSSR count). The van der Waals surface area contributed by atoms with Gasteiger partial charge in [-0.25, -0.2) is 13.2 Å². The summed E-state index contributed by atoms with van der Waals surface area (Å²) in [5, 5.41) is 8.89. The lowest BCUT2D eigenvalue weighted by atomic mass is 10.2. The molecular formula is C22H21N5O5S. The molecule has 0 spiro atoms. The number of rotatable bonds is 5. The maximum absolute atomic E-state index is 13.1. The Morgan fingerprint density at radius 1 is 1.09 bits per heavy atom. The van der Waals surface area contributed by atoms with E-state index >= 15 is 0 Å². The monoisotopic (exact) mass is 467 g/mol. The predicted molar refractivity (Wildman–Crippen MR) is 121 cm³/mol. The van der Waals surface area contributed by atoms with Gasteiger partial charge in [-0.2, -0.15) is 5.26 Å². The van der Waals surface area contributed by atoms with Crippen LogP contribution in [0.25, 0.3) is 10.9 Å². The van der Waals surface area contributed by atoms with Crippen molar-refractivity contribution in [3.63, 3.8) is 0 Å². The van der Waals surface area contributed by atoms with Crippen LogP contribution in [0.2, 0.25) is 0 Å². The second kappa shape index (κ2) is 8.55. The summed E-state index contributed by atoms with van der Waals surface area (Å²) in [6.45, 7) is 0.775. The van der Waals surface area contributed by atoms with Crippen LogP contribution in [-0.2, 0) is 28.4 Å². The number of aromatic nitrogens is 2. The standard InChI is InChI=1S/C22H21N5O5S/c1-25-19-9-8-17(33(31,32)24-16-6-4-15(13-23)5-7-16)12-18(19)21(29)27(22(25)30)14-20(28)26-10-2-3-11-26/h4-9,12,24H,2-3,10-11,14H2,1H3. The largest absolute Gasteiger partial charge is 0.341 e. The van der Waals surface area contributed by atoms with Crippen LogP contribution in [0.15, 0.2) is 56.9 Å². The lowest BCUT2D eigenvalue weighted by Gasteiger charge is -2.17. The zero-order valence-corrected chi connectivity index (χ0v) is 18.6. The molecule has 11 heteroatoms. The van der Waals surface area contributed by atoms with Gasteiger partial charge in [-0.3, -0.25) is 23.4 Å². The summed E-state index contributed by atoms with van der Waals surface area (Å²) in [5.74, 6) is -0.322. The van der Waals surface area contributed by atoms with Crippen molar-refractivity contribution in [2.45, 2.75) is 24.3 Å². The van der Waals surface area contributed by atoms with E-state index in [1.54, 1.807) is 4.90 Å². The molecular weight excluding hydrogens is 446 g/mol. The number of amides is 1. The molecule has 170 valence electrons. The van der Waals surface area contributed by atoms with E-state index < -0.39 is 27.8 Å². The molecule has 0 aliphatic carbocycles. The first kappa shape index (κ1) is 22.3. The van der Waals surface area contributed by atoms with Crippen LogP contribution in [-0.4, -0.2) is 41.4 Å². The van der Waals surface area contributed by atoms with Gasteiger partial charge in [-0.1, -0.05) is 0 Å². The van der Waals surface area contributed by atoms with Gasteiger partial charge in [0.1, 0.15) is 6.54 Å². The number of anilines is 1. The molecule has 1 amide bonds. The zero-order valence-electron chi connectivity index (χ0n) is 17.8. The van der Waals surface area contributed by atoms with Crippen LogP contribution in [0.3, 0.4) is 0 Å². The third kappa shape index (κ3) is 4.25. The van der Waals surface area contributed by atoms with Gasteiger partial charge >= 0.3 is 5.69 Å². The van der Waals surface area contributed by atoms with Gasteiger partial charge in [-0.05, 0) is 55.3 Å². The Bertz CT molecular complexity index is 1510. The smallest absolute Gasteiger partial charge is 0.331 e. The molecule has 0 bridgehead atoms. The third-order valence-corrected chi connectivity index (χ3v) is 7.03. The van der Waals surface area contributed by atoms with Gasteiger partial charge in [0.15, 0.2) is 0 Å². The van der Waals surface area contributed by atoms with Crippen molar-refractivity contribution in [2.75, 3.05) is 17.8 Å². The van der Waals surface area contributed by atoms with E-state index in [0.717, 1.165) is 17.4 Å². The normalized spacial score (nSPS) is 13.8. The van der Waals surface area contributed by atoms with Crippen LogP contribution in [0.4, 0.5) is 5.69 Å². The van der Waals surface area contributed by atoms with Crippen molar-refractivity contribution >= 4 is 32.5 Å². The highest BCUT2D eigenvalue weighted by Gasteiger charge is 2.22. The van der Waals surface area contributed by atoms with Crippen molar-refractivity contribution in [1.29, 1.82) is 5.26 Å². The van der Waals surface area contributed by atoms with E-state index in [1.165, 1.54) is 54.1 Å². The number of carbonyl (C=O) groups is 1. The molecule has 2 heterocycles. The molecule has 33 heavy (non-hydrogen) atoms. The third-order valence-electron chi connectivity index (χ3n) is 5.65. The van der Waals surface area contributed by atoms with Gasteiger partial charge in [-0.15, -0.1) is 0 Å². The quantitative estimate of drug-likeness (QED) is 0.595. The highest BCUT2D eigenvalue weighted by atomic mass is 32.2. The zero-order chi connectivity index (χ0) is 23.8. The first-order valence-electron chi connectivity index (χ1n) is 10.3. The number of aryl methyl sites for hydroxylation is 1. The summed E-state index contributed by atoms with van der Waals surface area (Å²) in [6.07, 6.45) is 1.76. The molecule has 0 unspecified atom stereocenters. The summed E-state index contributed by atoms with van der Waals surface area (Å²) >= 11 is 0. The maximum Gasteiger partial charge on any atom is 0.331 e. The van der Waals surface area contributed by atoms with Gasteiger partial charge < -0.3 is 4.90 Å². The van der Waals surface area contributed by atoms with Crippen LogP contribution in [0.1, 0.15) is 18.4 Å². The molecule has 1 N–H and O–H groups in total. The molecule has 0 atom stereocenters. The molecule has 1 fully saturated rings. The van der Waals surface area contributed by atoms with Gasteiger partial charge in [0.05, 0.1) is 27.4 Å². The number of fused-ring (bicyclic) bond motifs is 1. The van der Waals surface area contributed by atoms with E-state index in [0.29, 0.717) is 18.7 Å². The average Bonchev–Trinajstić information content (AvgIpc) is 3.35. The fraction of sp³-hybridized carbons (Fsp3) is 0.273. The lowest BCUT2D eigenvalue weighted by molar-refractivity contribution is -0.130. The molecule has 0 radical (unpaired) electrons. The number of sulfonamides is 1. The van der Waals surface area contributed by atoms with Crippen molar-refractivity contribution in [3.05, 3.63) is 68.9 Å². The summed E-state index contributed by atoms with van der Waals surface area (Å²) < 4.78 is 30.2. The number of hydrogen-bond acceptors (Lipinski definition) is 6. The second-order valence-electron chi connectivity index (χ2n) is 7.79. The number of benzene rings is 2. The second-order valence-corrected chi connectivity index (χ2v) is 9.48. The summed E-state index contributed by atoms with van der Waals surface area (Å²) in [6, 6.07) is 11.7. The van der Waals surface area contributed by atoms with E-state index in [-0.39, 0.29) is 27.4 Å². The van der Waals surface area contributed by atoms with Crippen molar-refractivity contribution in [3.8, 4) is 6.07 Å². The first-order valence-corrected chi connectivity index (χ1v) is 11.7. The average molecular weight is 468 g/mol. The summed E-state index contributed by atoms with van der Waals surface area (Å²) in [7, 11) is -2.59. The van der Waals surface area contributed by atoms with Crippen molar-refractivity contribution in [1.82, 2.24) is 14.0 Å². The van der Waals surface area contributed by atoms with Crippen LogP contribution >= 0.6 is 0 Å². The van der Waals surface area contributed by atoms with Gasteiger partial charge in [0.25, 0.3) is 15.6 Å². The fourth-order valence-corrected chi connectivity index (χ4v) is 4.91. The van der Waals surface area contributed by atoms with Crippen molar-refractivity contribution < 1.29 is 13.2 Å². The first-order chi connectivity index (χ1) is 15.7. The highest BCUT2D eigenvalue weighted by Crippen LogP contribution is 2.19. The molecule has 0 saturated carbocycles. The minimum atomic E-state index is -4.06. The highest BCUT2D eigenvalue weighted by molar-refractivity contribution is 7.92. The Balaban J connectivity index is 1.74. The van der Waals surface area contributed by atoms with E-state index in [4.69, 9.17) is 5.26 Å². The molecule has 1 saturated heterocycles. The number of nitrogens with one attached hydrogen (secondary N) is 1. The SMILES string of the molecule is Cn1c(=O)n(CC(=O)N2CCCC2)c(=O)c2cc(S(=O)(=O)Nc3ccc(C#N)cc3)ccc21. The summed E-state index contributed by atoms with van der Waals surface area (Å²) in [4.78, 5) is 39.8. The molecule has 2 aromatic carbocycles. The number of likely N-dealkylation sites (tertiary alicyclic amines) is 1. The minimum Gasteiger partial charge on any atom is -0.341 e. The van der Waals surface area contributed by atoms with Gasteiger partial charge in [0.2, 0.25) is 5.91 Å². The van der Waals surface area contributed by atoms with Crippen LogP contribution in [0.5, 0.6) is 0 Å². The maximum atomic E-state index is 13.1. The Kier molecular flexibility index (Phi) is 5.78. The molecule has 1 aromatic heterocycles. The number of nitriles is 1. The number of carbonyl (C=O) groups excluding carboxylic acids is 1. The molecule has 10 nitrogen and oxygen atoms in total. The van der Waals surface area contributed by atoms with Crippen LogP contribution in [0, 0.1) is 11.3 Å². The Morgan fingerprint density at radius 2 is 1.76 bits per heavy atom. The van der Waals surface area contributed by atoms with Gasteiger partial charge in [0, 0.05) is 25.8 Å². The minimum absolute atomic E-state index is 0.00836. The van der Waals surface area contributed by atoms with Crippen LogP contribution < -0.4 is 16.0 Å². The molecule has 1 aliphatic rings. The Labute approximate surface area is 189 Å². The predicted octanol–water partition coefficient (Wildman–Crippen LogP) is 0.995. The number of hydrogen-bond donors (Lipinski definition) is 1. The van der Waals surface area contributed by atoms with E-state index in [1.807, 2.05) is 6.07 Å². The van der Waals surface area contributed by atoms with E-state index in [2.05, 4.69) is 4.72 Å². The molecule has 3 aromatic rings. The Morgan fingerprint density at radius 3 is 2.39 bits per heavy atom. The topological polar surface area (TPSA) is 134 Å².